The van der Waals surface area contributed by atoms with Crippen molar-refractivity contribution in [2.24, 2.45) is 0 Å². The molecule has 0 amide bonds. The van der Waals surface area contributed by atoms with Gasteiger partial charge in [0.15, 0.2) is 0 Å². The summed E-state index contributed by atoms with van der Waals surface area (Å²) in [6, 6.07) is 19.7. The van der Waals surface area contributed by atoms with Gasteiger partial charge in [0.1, 0.15) is 19.5 Å². The molecular weight excluding hydrogens is 320 g/mol. The summed E-state index contributed by atoms with van der Waals surface area (Å²) in [5.41, 5.74) is 2.15. The third-order valence-corrected chi connectivity index (χ3v) is 3.39. The topological polar surface area (TPSA) is 54.0 Å². The Bertz CT molecular complexity index is 600. The first-order valence-corrected chi connectivity index (χ1v) is 8.22. The molecule has 25 heavy (non-hydrogen) atoms. The summed E-state index contributed by atoms with van der Waals surface area (Å²) < 4.78 is 21.8. The highest BCUT2D eigenvalue weighted by atomic mass is 16.7. The van der Waals surface area contributed by atoms with Crippen molar-refractivity contribution in [2.45, 2.75) is 26.2 Å². The molecule has 0 aliphatic heterocycles. The summed E-state index contributed by atoms with van der Waals surface area (Å²) in [5, 5.41) is 0. The second kappa shape index (κ2) is 11.4. The van der Waals surface area contributed by atoms with E-state index in [2.05, 4.69) is 0 Å². The van der Waals surface area contributed by atoms with Crippen LogP contribution in [-0.4, -0.2) is 32.1 Å². The zero-order valence-electron chi connectivity index (χ0n) is 14.4. The average molecular weight is 344 g/mol. The van der Waals surface area contributed by atoms with Crippen LogP contribution >= 0.6 is 0 Å². The van der Waals surface area contributed by atoms with Crippen LogP contribution in [0.15, 0.2) is 60.7 Å². The maximum absolute atomic E-state index is 11.0. The van der Waals surface area contributed by atoms with Crippen molar-refractivity contribution in [3.05, 3.63) is 71.8 Å². The van der Waals surface area contributed by atoms with E-state index in [1.54, 1.807) is 0 Å². The lowest BCUT2D eigenvalue weighted by molar-refractivity contribution is -0.158. The molecule has 0 fully saturated rings. The van der Waals surface area contributed by atoms with E-state index < -0.39 is 0 Å². The van der Waals surface area contributed by atoms with Gasteiger partial charge in [-0.15, -0.1) is 0 Å². The molecule has 5 heteroatoms. The summed E-state index contributed by atoms with van der Waals surface area (Å²) >= 11 is 0. The normalized spacial score (nSPS) is 11.9. The highest BCUT2D eigenvalue weighted by Crippen LogP contribution is 2.05. The molecule has 0 aliphatic rings. The Morgan fingerprint density at radius 2 is 1.40 bits per heavy atom. The minimum Gasteiger partial charge on any atom is -0.463 e. The Balaban J connectivity index is 1.69. The van der Waals surface area contributed by atoms with Gasteiger partial charge in [-0.25, -0.2) is 0 Å². The van der Waals surface area contributed by atoms with Gasteiger partial charge in [0, 0.05) is 6.92 Å². The smallest absolute Gasteiger partial charge is 0.302 e. The Morgan fingerprint density at radius 3 is 1.96 bits per heavy atom. The molecule has 5 nitrogen and oxygen atoms in total. The van der Waals surface area contributed by atoms with Gasteiger partial charge in [0.2, 0.25) is 0 Å². The van der Waals surface area contributed by atoms with Crippen molar-refractivity contribution in [3.63, 3.8) is 0 Å². The van der Waals surface area contributed by atoms with Gasteiger partial charge in [0.05, 0.1) is 19.8 Å². The Hall–Kier alpha value is -2.21. The van der Waals surface area contributed by atoms with Gasteiger partial charge >= 0.3 is 5.97 Å². The Labute approximate surface area is 148 Å². The highest BCUT2D eigenvalue weighted by molar-refractivity contribution is 5.65. The number of rotatable bonds is 11. The van der Waals surface area contributed by atoms with Crippen LogP contribution in [0.4, 0.5) is 0 Å². The summed E-state index contributed by atoms with van der Waals surface area (Å²) in [6.45, 7) is 2.87. The van der Waals surface area contributed by atoms with E-state index >= 15 is 0 Å². The van der Waals surface area contributed by atoms with Gasteiger partial charge < -0.3 is 18.9 Å². The molecule has 1 unspecified atom stereocenters. The largest absolute Gasteiger partial charge is 0.463 e. The van der Waals surface area contributed by atoms with E-state index in [0.717, 1.165) is 11.1 Å². The predicted octanol–water partition coefficient (Wildman–Crippen LogP) is 3.33. The lowest BCUT2D eigenvalue weighted by Gasteiger charge is -2.18. The summed E-state index contributed by atoms with van der Waals surface area (Å²) in [5.74, 6) is -0.345. The Morgan fingerprint density at radius 1 is 0.840 bits per heavy atom. The van der Waals surface area contributed by atoms with Crippen LogP contribution in [0.3, 0.4) is 0 Å². The van der Waals surface area contributed by atoms with Crippen LogP contribution in [0.25, 0.3) is 0 Å². The molecule has 2 aromatic rings. The quantitative estimate of drug-likeness (QED) is 0.356. The molecule has 0 aliphatic carbocycles. The molecule has 0 saturated carbocycles. The number of esters is 1. The predicted molar refractivity (Wildman–Crippen MR) is 93.7 cm³/mol. The molecule has 1 atom stereocenters. The lowest BCUT2D eigenvalue weighted by Crippen LogP contribution is -2.27. The van der Waals surface area contributed by atoms with Gasteiger partial charge in [-0.05, 0) is 11.1 Å². The molecule has 0 heterocycles. The minimum absolute atomic E-state index is 0.107. The number of carbonyl (C=O) groups is 1. The third-order valence-electron chi connectivity index (χ3n) is 3.39. The van der Waals surface area contributed by atoms with E-state index in [1.807, 2.05) is 60.7 Å². The van der Waals surface area contributed by atoms with E-state index in [1.165, 1.54) is 6.92 Å². The molecular formula is C20H24O5. The molecule has 0 spiro atoms. The van der Waals surface area contributed by atoms with Crippen molar-refractivity contribution in [1.82, 2.24) is 0 Å². The first kappa shape index (κ1) is 19.1. The fourth-order valence-corrected chi connectivity index (χ4v) is 2.12. The van der Waals surface area contributed by atoms with Crippen LogP contribution in [-0.2, 0) is 37.0 Å². The van der Waals surface area contributed by atoms with Crippen LogP contribution in [0.5, 0.6) is 0 Å². The second-order valence-corrected chi connectivity index (χ2v) is 5.54. The molecule has 0 N–H and O–H groups in total. The fraction of sp³-hybridized carbons (Fsp3) is 0.350. The van der Waals surface area contributed by atoms with Gasteiger partial charge in [0.25, 0.3) is 0 Å². The number of carbonyl (C=O) groups excluding carboxylic acids is 1. The van der Waals surface area contributed by atoms with Gasteiger partial charge in [-0.2, -0.15) is 0 Å². The lowest BCUT2D eigenvalue weighted by atomic mass is 10.2. The summed E-state index contributed by atoms with van der Waals surface area (Å²) in [7, 11) is 0. The van der Waals surface area contributed by atoms with Crippen molar-refractivity contribution in [2.75, 3.05) is 20.0 Å². The van der Waals surface area contributed by atoms with Crippen molar-refractivity contribution >= 4 is 5.97 Å². The number of benzene rings is 2. The van der Waals surface area contributed by atoms with E-state index in [0.29, 0.717) is 19.8 Å². The summed E-state index contributed by atoms with van der Waals surface area (Å²) in [6.07, 6.45) is -0.372. The SMILES string of the molecule is CC(=O)OCC(COCc1ccccc1)OCOCc1ccccc1. The van der Waals surface area contributed by atoms with E-state index in [4.69, 9.17) is 18.9 Å². The van der Waals surface area contributed by atoms with E-state index in [9.17, 15) is 4.79 Å². The summed E-state index contributed by atoms with van der Waals surface area (Å²) in [4.78, 5) is 11.0. The molecule has 0 saturated heterocycles. The zero-order valence-corrected chi connectivity index (χ0v) is 14.4. The van der Waals surface area contributed by atoms with Gasteiger partial charge in [-0.1, -0.05) is 60.7 Å². The average Bonchev–Trinajstić information content (AvgIpc) is 2.64. The first-order valence-electron chi connectivity index (χ1n) is 8.22. The molecule has 0 aromatic heterocycles. The Kier molecular flexibility index (Phi) is 8.69. The van der Waals surface area contributed by atoms with E-state index in [-0.39, 0.29) is 25.5 Å². The van der Waals surface area contributed by atoms with Crippen LogP contribution in [0.2, 0.25) is 0 Å². The van der Waals surface area contributed by atoms with Crippen molar-refractivity contribution in [1.29, 1.82) is 0 Å². The number of hydrogen-bond acceptors (Lipinski definition) is 5. The monoisotopic (exact) mass is 344 g/mol. The van der Waals surface area contributed by atoms with Crippen molar-refractivity contribution in [3.8, 4) is 0 Å². The van der Waals surface area contributed by atoms with Crippen LogP contribution in [0, 0.1) is 0 Å². The highest BCUT2D eigenvalue weighted by Gasteiger charge is 2.12. The maximum atomic E-state index is 11.0. The molecule has 2 aromatic carbocycles. The molecule has 134 valence electrons. The fourth-order valence-electron chi connectivity index (χ4n) is 2.12. The number of hydrogen-bond donors (Lipinski definition) is 0. The standard InChI is InChI=1S/C20H24O5/c1-17(21)24-15-20(14-22-12-18-8-4-2-5-9-18)25-16-23-13-19-10-6-3-7-11-19/h2-11,20H,12-16H2,1H3. The zero-order chi connectivity index (χ0) is 17.7. The molecule has 2 rings (SSSR count). The minimum atomic E-state index is -0.372. The van der Waals surface area contributed by atoms with Crippen LogP contribution < -0.4 is 0 Å². The maximum Gasteiger partial charge on any atom is 0.302 e. The first-order chi connectivity index (χ1) is 12.2. The number of ether oxygens (including phenoxy) is 4. The van der Waals surface area contributed by atoms with Crippen LogP contribution in [0.1, 0.15) is 18.1 Å². The van der Waals surface area contributed by atoms with Gasteiger partial charge in [-0.3, -0.25) is 4.79 Å². The third kappa shape index (κ3) is 8.44. The molecule has 0 radical (unpaired) electrons. The second-order valence-electron chi connectivity index (χ2n) is 5.54. The van der Waals surface area contributed by atoms with Crippen molar-refractivity contribution < 1.29 is 23.7 Å². The molecule has 0 bridgehead atoms.